The van der Waals surface area contributed by atoms with E-state index in [9.17, 15) is 0 Å². The minimum absolute atomic E-state index is 0. The molecule has 0 bridgehead atoms. The third-order valence-electron chi connectivity index (χ3n) is 0.927. The van der Waals surface area contributed by atoms with E-state index >= 15 is 0 Å². The quantitative estimate of drug-likeness (QED) is 0.542. The largest absolute Gasteiger partial charge is 0.199 e. The van der Waals surface area contributed by atoms with Crippen LogP contribution < -0.4 is 0 Å². The monoisotopic (exact) mass is 149 g/mol. The lowest BCUT2D eigenvalue weighted by atomic mass is 10.3. The summed E-state index contributed by atoms with van der Waals surface area (Å²) < 4.78 is 0. The molecule has 0 aliphatic carbocycles. The van der Waals surface area contributed by atoms with Crippen molar-refractivity contribution in [1.29, 1.82) is 0 Å². The van der Waals surface area contributed by atoms with E-state index in [0.29, 0.717) is 0 Å². The Morgan fingerprint density at radius 1 is 1.38 bits per heavy atom. The highest BCUT2D eigenvalue weighted by Gasteiger charge is 1.91. The molecule has 0 N–H and O–H groups in total. The Labute approximate surface area is 65.2 Å². The molecule has 0 atom stereocenters. The SMILES string of the molecule is C[CH2][Al][CH2]C(C)C.Cl. The van der Waals surface area contributed by atoms with Crippen LogP contribution >= 0.6 is 12.4 Å². The van der Waals surface area contributed by atoms with E-state index in [2.05, 4.69) is 20.8 Å². The van der Waals surface area contributed by atoms with Crippen LogP contribution in [-0.2, 0) is 0 Å². The molecule has 0 spiro atoms. The first-order chi connectivity index (χ1) is 3.27. The molecular formula is C6H15AlCl. The molecule has 0 nitrogen and oxygen atoms in total. The molecule has 0 saturated carbocycles. The van der Waals surface area contributed by atoms with Crippen LogP contribution in [0.15, 0.2) is 0 Å². The van der Waals surface area contributed by atoms with Gasteiger partial charge in [-0.2, -0.15) is 0 Å². The fraction of sp³-hybridized carbons (Fsp3) is 1.00. The van der Waals surface area contributed by atoms with Crippen LogP contribution in [0.5, 0.6) is 0 Å². The van der Waals surface area contributed by atoms with Gasteiger partial charge in [-0.25, -0.2) is 0 Å². The van der Waals surface area contributed by atoms with Gasteiger partial charge >= 0.3 is 0 Å². The summed E-state index contributed by atoms with van der Waals surface area (Å²) in [7, 11) is 0. The third kappa shape index (κ3) is 9.95. The van der Waals surface area contributed by atoms with Crippen molar-refractivity contribution in [2.24, 2.45) is 5.92 Å². The minimum Gasteiger partial charge on any atom is -0.147 e. The second-order valence-corrected chi connectivity index (χ2v) is 4.19. The maximum absolute atomic E-state index is 2.29. The van der Waals surface area contributed by atoms with E-state index < -0.39 is 0 Å². The smallest absolute Gasteiger partial charge is 0.147 e. The van der Waals surface area contributed by atoms with Crippen molar-refractivity contribution in [1.82, 2.24) is 0 Å². The van der Waals surface area contributed by atoms with Gasteiger partial charge in [0, 0.05) is 0 Å². The van der Waals surface area contributed by atoms with Crippen LogP contribution in [0.2, 0.25) is 10.6 Å². The normalized spacial score (nSPS) is 8.50. The predicted octanol–water partition coefficient (Wildman–Crippen LogP) is 2.62. The van der Waals surface area contributed by atoms with Gasteiger partial charge in [0.05, 0.1) is 0 Å². The molecule has 0 aromatic rings. The molecule has 0 heterocycles. The van der Waals surface area contributed by atoms with E-state index in [1.54, 1.807) is 0 Å². The lowest BCUT2D eigenvalue weighted by Gasteiger charge is -1.97. The molecule has 0 amide bonds. The van der Waals surface area contributed by atoms with Crippen molar-refractivity contribution < 1.29 is 0 Å². The van der Waals surface area contributed by atoms with Crippen molar-refractivity contribution >= 4 is 27.6 Å². The first kappa shape index (κ1) is 11.6. The summed E-state index contributed by atoms with van der Waals surface area (Å²) in [5.41, 5.74) is 0. The molecule has 0 aliphatic rings. The second kappa shape index (κ2) is 7.82. The van der Waals surface area contributed by atoms with Gasteiger partial charge in [0.1, 0.15) is 0 Å². The number of hydrogen-bond donors (Lipinski definition) is 0. The van der Waals surface area contributed by atoms with Crippen LogP contribution in [0.25, 0.3) is 0 Å². The minimum atomic E-state index is 0. The average molecular weight is 150 g/mol. The maximum Gasteiger partial charge on any atom is 0.199 e. The maximum atomic E-state index is 2.29. The van der Waals surface area contributed by atoms with Gasteiger partial charge in [-0.15, -0.1) is 23.0 Å². The van der Waals surface area contributed by atoms with Crippen LogP contribution in [0.4, 0.5) is 0 Å². The molecule has 2 heteroatoms. The topological polar surface area (TPSA) is 0 Å². The molecule has 49 valence electrons. The fourth-order valence-electron chi connectivity index (χ4n) is 0.500. The summed E-state index contributed by atoms with van der Waals surface area (Å²) in [6.45, 7) is 6.86. The van der Waals surface area contributed by atoms with Gasteiger partial charge < -0.3 is 0 Å². The summed E-state index contributed by atoms with van der Waals surface area (Å²) >= 11 is 0.785. The molecule has 0 saturated heterocycles. The molecule has 0 unspecified atom stereocenters. The number of halogens is 1. The van der Waals surface area contributed by atoms with Gasteiger partial charge in [-0.1, -0.05) is 26.7 Å². The highest BCUT2D eigenvalue weighted by atomic mass is 35.5. The van der Waals surface area contributed by atoms with E-state index in [-0.39, 0.29) is 12.4 Å². The molecule has 0 aliphatic heterocycles. The molecule has 1 radical (unpaired) electrons. The zero-order valence-corrected chi connectivity index (χ0v) is 7.95. The zero-order chi connectivity index (χ0) is 5.70. The Morgan fingerprint density at radius 3 is 2.00 bits per heavy atom. The molecule has 0 aromatic carbocycles. The second-order valence-electron chi connectivity index (χ2n) is 2.33. The summed E-state index contributed by atoms with van der Waals surface area (Å²) in [6, 6.07) is 0. The first-order valence-corrected chi connectivity index (χ1v) is 4.72. The van der Waals surface area contributed by atoms with E-state index in [0.717, 1.165) is 21.1 Å². The molecule has 8 heavy (non-hydrogen) atoms. The average Bonchev–Trinajstić information content (AvgIpc) is 1.61. The highest BCUT2D eigenvalue weighted by molar-refractivity contribution is 6.35. The summed E-state index contributed by atoms with van der Waals surface area (Å²) in [5.74, 6) is 0.940. The summed E-state index contributed by atoms with van der Waals surface area (Å²) in [6.07, 6.45) is 0. The van der Waals surface area contributed by atoms with Crippen LogP contribution in [0, 0.1) is 5.92 Å². The van der Waals surface area contributed by atoms with Gasteiger partial charge in [-0.05, 0) is 0 Å². The van der Waals surface area contributed by atoms with Crippen molar-refractivity contribution in [2.75, 3.05) is 0 Å². The Balaban J connectivity index is 0. The molecule has 0 aromatic heterocycles. The van der Waals surface area contributed by atoms with Gasteiger partial charge in [0.25, 0.3) is 0 Å². The third-order valence-corrected chi connectivity index (χ3v) is 2.78. The van der Waals surface area contributed by atoms with Gasteiger partial charge in [0.15, 0.2) is 15.2 Å². The lowest BCUT2D eigenvalue weighted by molar-refractivity contribution is 0.730. The van der Waals surface area contributed by atoms with E-state index in [4.69, 9.17) is 0 Å². The molecule has 0 rings (SSSR count). The molecule has 0 fully saturated rings. The van der Waals surface area contributed by atoms with Crippen molar-refractivity contribution in [2.45, 2.75) is 31.3 Å². The zero-order valence-electron chi connectivity index (χ0n) is 5.98. The molecular weight excluding hydrogens is 135 g/mol. The van der Waals surface area contributed by atoms with E-state index in [1.165, 1.54) is 10.6 Å². The first-order valence-electron chi connectivity index (χ1n) is 3.09. The van der Waals surface area contributed by atoms with Crippen LogP contribution in [-0.4, -0.2) is 15.2 Å². The fourth-order valence-corrected chi connectivity index (χ4v) is 1.50. The van der Waals surface area contributed by atoms with Crippen molar-refractivity contribution in [3.63, 3.8) is 0 Å². The van der Waals surface area contributed by atoms with E-state index in [1.807, 2.05) is 0 Å². The lowest BCUT2D eigenvalue weighted by Crippen LogP contribution is -1.92. The summed E-state index contributed by atoms with van der Waals surface area (Å²) in [4.78, 5) is 0. The number of hydrogen-bond acceptors (Lipinski definition) is 0. The Hall–Kier alpha value is 0.822. The Bertz CT molecular complexity index is 37.5. The summed E-state index contributed by atoms with van der Waals surface area (Å²) in [5, 5.41) is 2.91. The predicted molar refractivity (Wildman–Crippen MR) is 43.1 cm³/mol. The van der Waals surface area contributed by atoms with Crippen LogP contribution in [0.3, 0.4) is 0 Å². The standard InChI is InChI=1S/C4H9.C2H5.Al.ClH/c1-4(2)3;1-2;;/h4H,1H2,2-3H3;1H2,2H3;;1H. The Kier molecular flexibility index (Phi) is 11.3. The van der Waals surface area contributed by atoms with Gasteiger partial charge in [0.2, 0.25) is 0 Å². The highest BCUT2D eigenvalue weighted by Crippen LogP contribution is 1.98. The number of rotatable bonds is 3. The van der Waals surface area contributed by atoms with Crippen LogP contribution in [0.1, 0.15) is 20.8 Å². The van der Waals surface area contributed by atoms with Gasteiger partial charge in [-0.3, -0.25) is 0 Å². The van der Waals surface area contributed by atoms with Crippen molar-refractivity contribution in [3.05, 3.63) is 0 Å². The van der Waals surface area contributed by atoms with Crippen molar-refractivity contribution in [3.8, 4) is 0 Å². The Morgan fingerprint density at radius 2 is 1.88 bits per heavy atom.